The Morgan fingerprint density at radius 2 is 1.95 bits per heavy atom. The first-order valence-electron chi connectivity index (χ1n) is 6.48. The van der Waals surface area contributed by atoms with Crippen LogP contribution in [0.4, 0.5) is 10.5 Å². The molecule has 1 rings (SSSR count). The highest BCUT2D eigenvalue weighted by Crippen LogP contribution is 2.17. The minimum atomic E-state index is -0.878. The zero-order chi connectivity index (χ0) is 15.0. The molecule has 2 amide bonds. The van der Waals surface area contributed by atoms with E-state index in [9.17, 15) is 9.59 Å². The molecule has 1 unspecified atom stereocenters. The van der Waals surface area contributed by atoms with Gasteiger partial charge in [0.05, 0.1) is 5.92 Å². The molecule has 0 heterocycles. The summed E-state index contributed by atoms with van der Waals surface area (Å²) in [6.07, 6.45) is 3.31. The number of thioether (sulfide) groups is 1. The number of carbonyl (C=O) groups excluding carboxylic acids is 1. The van der Waals surface area contributed by atoms with Crippen molar-refractivity contribution in [2.24, 2.45) is 5.92 Å². The number of urea groups is 1. The average Bonchev–Trinajstić information content (AvgIpc) is 2.44. The molecule has 0 saturated carbocycles. The molecule has 110 valence electrons. The van der Waals surface area contributed by atoms with Crippen molar-refractivity contribution < 1.29 is 14.7 Å². The Labute approximate surface area is 123 Å². The molecule has 1 atom stereocenters. The van der Waals surface area contributed by atoms with E-state index in [0.29, 0.717) is 12.1 Å². The van der Waals surface area contributed by atoms with Crippen molar-refractivity contribution in [3.63, 3.8) is 0 Å². The van der Waals surface area contributed by atoms with Crippen molar-refractivity contribution in [2.45, 2.75) is 24.7 Å². The van der Waals surface area contributed by atoms with Gasteiger partial charge >= 0.3 is 12.0 Å². The first-order chi connectivity index (χ1) is 9.56. The molecule has 5 nitrogen and oxygen atoms in total. The van der Waals surface area contributed by atoms with Gasteiger partial charge in [-0.15, -0.1) is 11.8 Å². The Morgan fingerprint density at radius 3 is 2.45 bits per heavy atom. The van der Waals surface area contributed by atoms with Crippen LogP contribution in [-0.4, -0.2) is 29.9 Å². The van der Waals surface area contributed by atoms with Gasteiger partial charge in [-0.2, -0.15) is 0 Å². The SMILES string of the molecule is CCCC(CNC(=O)Nc1ccc(SC)cc1)C(=O)O. The molecule has 0 saturated heterocycles. The molecule has 20 heavy (non-hydrogen) atoms. The number of carboxylic acids is 1. The molecule has 1 aromatic rings. The molecular weight excluding hydrogens is 276 g/mol. The lowest BCUT2D eigenvalue weighted by Gasteiger charge is -2.13. The van der Waals surface area contributed by atoms with Crippen molar-refractivity contribution >= 4 is 29.4 Å². The van der Waals surface area contributed by atoms with E-state index in [1.54, 1.807) is 11.8 Å². The quantitative estimate of drug-likeness (QED) is 0.676. The third kappa shape index (κ3) is 5.52. The Balaban J connectivity index is 2.44. The monoisotopic (exact) mass is 296 g/mol. The first kappa shape index (κ1) is 16.4. The summed E-state index contributed by atoms with van der Waals surface area (Å²) in [5.41, 5.74) is 0.683. The maximum absolute atomic E-state index is 11.7. The number of anilines is 1. The van der Waals surface area contributed by atoms with E-state index in [1.165, 1.54) is 0 Å². The summed E-state index contributed by atoms with van der Waals surface area (Å²) in [6, 6.07) is 7.07. The van der Waals surface area contributed by atoms with E-state index in [-0.39, 0.29) is 12.6 Å². The molecule has 0 fully saturated rings. The van der Waals surface area contributed by atoms with Crippen molar-refractivity contribution in [2.75, 3.05) is 18.1 Å². The van der Waals surface area contributed by atoms with Gasteiger partial charge in [0.25, 0.3) is 0 Å². The van der Waals surface area contributed by atoms with E-state index < -0.39 is 11.9 Å². The second-order valence-electron chi connectivity index (χ2n) is 4.39. The zero-order valence-corrected chi connectivity index (χ0v) is 12.5. The fourth-order valence-corrected chi connectivity index (χ4v) is 2.14. The number of carboxylic acid groups (broad SMARTS) is 1. The standard InChI is InChI=1S/C14H20N2O3S/c1-3-4-10(13(17)18)9-15-14(19)16-11-5-7-12(20-2)8-6-11/h5-8,10H,3-4,9H2,1-2H3,(H,17,18)(H2,15,16,19). The van der Waals surface area contributed by atoms with E-state index >= 15 is 0 Å². The highest BCUT2D eigenvalue weighted by Gasteiger charge is 2.17. The van der Waals surface area contributed by atoms with Crippen LogP contribution in [0, 0.1) is 5.92 Å². The normalized spacial score (nSPS) is 11.7. The van der Waals surface area contributed by atoms with Crippen LogP contribution in [0.2, 0.25) is 0 Å². The fraction of sp³-hybridized carbons (Fsp3) is 0.429. The van der Waals surface area contributed by atoms with Crippen LogP contribution in [0.1, 0.15) is 19.8 Å². The lowest BCUT2D eigenvalue weighted by Crippen LogP contribution is -2.35. The minimum absolute atomic E-state index is 0.137. The van der Waals surface area contributed by atoms with Crippen LogP contribution in [0.25, 0.3) is 0 Å². The van der Waals surface area contributed by atoms with Gasteiger partial charge in [0, 0.05) is 17.1 Å². The number of aliphatic carboxylic acids is 1. The molecule has 0 aromatic heterocycles. The van der Waals surface area contributed by atoms with Gasteiger partial charge in [-0.05, 0) is 36.9 Å². The highest BCUT2D eigenvalue weighted by atomic mass is 32.2. The molecule has 1 aromatic carbocycles. The van der Waals surface area contributed by atoms with Crippen LogP contribution in [0.3, 0.4) is 0 Å². The van der Waals surface area contributed by atoms with Crippen molar-refractivity contribution in [1.29, 1.82) is 0 Å². The number of hydrogen-bond donors (Lipinski definition) is 3. The molecule has 0 aliphatic heterocycles. The Kier molecular flexibility index (Phi) is 6.93. The number of hydrogen-bond acceptors (Lipinski definition) is 3. The minimum Gasteiger partial charge on any atom is -0.481 e. The lowest BCUT2D eigenvalue weighted by molar-refractivity contribution is -0.141. The Morgan fingerprint density at radius 1 is 1.30 bits per heavy atom. The smallest absolute Gasteiger partial charge is 0.319 e. The number of carbonyl (C=O) groups is 2. The van der Waals surface area contributed by atoms with Gasteiger partial charge in [-0.25, -0.2) is 4.79 Å². The number of nitrogens with one attached hydrogen (secondary N) is 2. The summed E-state index contributed by atoms with van der Waals surface area (Å²) in [4.78, 5) is 23.8. The van der Waals surface area contributed by atoms with E-state index in [0.717, 1.165) is 11.3 Å². The van der Waals surface area contributed by atoms with Gasteiger partial charge in [0.1, 0.15) is 0 Å². The van der Waals surface area contributed by atoms with Gasteiger partial charge in [-0.1, -0.05) is 13.3 Å². The van der Waals surface area contributed by atoms with Gasteiger partial charge in [0.2, 0.25) is 0 Å². The van der Waals surface area contributed by atoms with Crippen LogP contribution < -0.4 is 10.6 Å². The van der Waals surface area contributed by atoms with Crippen molar-refractivity contribution in [3.05, 3.63) is 24.3 Å². The Hall–Kier alpha value is -1.69. The molecule has 0 bridgehead atoms. The van der Waals surface area contributed by atoms with Gasteiger partial charge in [-0.3, -0.25) is 4.79 Å². The summed E-state index contributed by atoms with van der Waals surface area (Å²) in [5, 5.41) is 14.3. The number of rotatable bonds is 7. The highest BCUT2D eigenvalue weighted by molar-refractivity contribution is 7.98. The summed E-state index contributed by atoms with van der Waals surface area (Å²) in [7, 11) is 0. The van der Waals surface area contributed by atoms with Gasteiger partial charge in [0.15, 0.2) is 0 Å². The maximum atomic E-state index is 11.7. The predicted octanol–water partition coefficient (Wildman–Crippen LogP) is 3.03. The summed E-state index contributed by atoms with van der Waals surface area (Å²) in [5.74, 6) is -1.42. The predicted molar refractivity (Wildman–Crippen MR) is 81.3 cm³/mol. The summed E-state index contributed by atoms with van der Waals surface area (Å²) >= 11 is 1.63. The van der Waals surface area contributed by atoms with Gasteiger partial charge < -0.3 is 15.7 Å². The molecule has 0 spiro atoms. The van der Waals surface area contributed by atoms with Crippen LogP contribution in [0.5, 0.6) is 0 Å². The van der Waals surface area contributed by atoms with E-state index in [4.69, 9.17) is 5.11 Å². The van der Waals surface area contributed by atoms with Crippen LogP contribution in [0.15, 0.2) is 29.2 Å². The summed E-state index contributed by atoms with van der Waals surface area (Å²) < 4.78 is 0. The molecule has 0 aliphatic rings. The molecule has 0 radical (unpaired) electrons. The van der Waals surface area contributed by atoms with Crippen molar-refractivity contribution in [1.82, 2.24) is 5.32 Å². The van der Waals surface area contributed by atoms with Crippen LogP contribution in [-0.2, 0) is 4.79 Å². The second-order valence-corrected chi connectivity index (χ2v) is 5.27. The molecular formula is C14H20N2O3S. The summed E-state index contributed by atoms with van der Waals surface area (Å²) in [6.45, 7) is 2.06. The first-order valence-corrected chi connectivity index (χ1v) is 7.71. The molecule has 6 heteroatoms. The Bertz CT molecular complexity index is 448. The second kappa shape index (κ2) is 8.47. The molecule has 3 N–H and O–H groups in total. The number of amides is 2. The lowest BCUT2D eigenvalue weighted by atomic mass is 10.0. The van der Waals surface area contributed by atoms with Crippen molar-refractivity contribution in [3.8, 4) is 0 Å². The third-order valence-electron chi connectivity index (χ3n) is 2.84. The average molecular weight is 296 g/mol. The van der Waals surface area contributed by atoms with E-state index in [2.05, 4.69) is 10.6 Å². The largest absolute Gasteiger partial charge is 0.481 e. The van der Waals surface area contributed by atoms with Crippen LogP contribution >= 0.6 is 11.8 Å². The maximum Gasteiger partial charge on any atom is 0.319 e. The zero-order valence-electron chi connectivity index (χ0n) is 11.7. The topological polar surface area (TPSA) is 78.4 Å². The molecule has 0 aliphatic carbocycles. The third-order valence-corrected chi connectivity index (χ3v) is 3.59. The number of benzene rings is 1. The fourth-order valence-electron chi connectivity index (χ4n) is 1.73. The van der Waals surface area contributed by atoms with E-state index in [1.807, 2.05) is 37.4 Å².